The van der Waals surface area contributed by atoms with Crippen molar-refractivity contribution in [3.8, 4) is 0 Å². The first kappa shape index (κ1) is 21.6. The number of halogens is 1. The van der Waals surface area contributed by atoms with Crippen molar-refractivity contribution in [2.45, 2.75) is 38.1 Å². The van der Waals surface area contributed by atoms with E-state index in [0.717, 1.165) is 22.7 Å². The quantitative estimate of drug-likeness (QED) is 0.283. The Morgan fingerprint density at radius 1 is 0.914 bits per heavy atom. The number of hydrogen-bond acceptors (Lipinski definition) is 4. The van der Waals surface area contributed by atoms with E-state index in [2.05, 4.69) is 20.9 Å². The maximum absolute atomic E-state index is 13.8. The van der Waals surface area contributed by atoms with Gasteiger partial charge in [0.1, 0.15) is 5.82 Å². The van der Waals surface area contributed by atoms with Crippen LogP contribution in [-0.2, 0) is 0 Å². The van der Waals surface area contributed by atoms with Gasteiger partial charge in [0.2, 0.25) is 0 Å². The number of amides is 1. The van der Waals surface area contributed by atoms with Crippen LogP contribution in [0.25, 0.3) is 10.9 Å². The van der Waals surface area contributed by atoms with Crippen molar-refractivity contribution in [2.24, 2.45) is 5.41 Å². The van der Waals surface area contributed by atoms with E-state index in [4.69, 9.17) is 0 Å². The molecule has 0 aliphatic heterocycles. The van der Waals surface area contributed by atoms with E-state index in [1.54, 1.807) is 30.5 Å². The molecule has 5 nitrogen and oxygen atoms in total. The van der Waals surface area contributed by atoms with E-state index in [1.807, 2.05) is 36.4 Å². The Hall–Kier alpha value is -3.93. The standard InChI is InChI=1S/C29H27FN4O/c30-20-8-9-26-25(15-20)27(10-13-31-26)33-21-5-1-4-19(14-21)28(35)34-23-7-2-6-22(16-23)32-24-17-29(18-24)11-3-12-29/h1-2,4-10,13-16,24,32H,3,11-12,17-18H2,(H,31,33)(H,34,35). The fraction of sp³-hybridized carbons (Fsp3) is 0.241. The number of nitrogens with one attached hydrogen (secondary N) is 3. The Morgan fingerprint density at radius 2 is 1.71 bits per heavy atom. The summed E-state index contributed by atoms with van der Waals surface area (Å²) in [6.45, 7) is 0. The van der Waals surface area contributed by atoms with Gasteiger partial charge in [0, 0.05) is 45.9 Å². The summed E-state index contributed by atoms with van der Waals surface area (Å²) in [5.41, 5.74) is 5.11. The molecule has 2 fully saturated rings. The third-order valence-corrected chi connectivity index (χ3v) is 7.37. The van der Waals surface area contributed by atoms with Crippen LogP contribution in [0.15, 0.2) is 79.0 Å². The van der Waals surface area contributed by atoms with Gasteiger partial charge in [-0.25, -0.2) is 4.39 Å². The number of fused-ring (bicyclic) bond motifs is 1. The highest BCUT2D eigenvalue weighted by molar-refractivity contribution is 6.05. The first-order valence-corrected chi connectivity index (χ1v) is 12.1. The molecule has 0 radical (unpaired) electrons. The summed E-state index contributed by atoms with van der Waals surface area (Å²) >= 11 is 0. The lowest BCUT2D eigenvalue weighted by Crippen LogP contribution is -2.49. The molecule has 1 amide bonds. The number of pyridine rings is 1. The second kappa shape index (κ2) is 8.69. The summed E-state index contributed by atoms with van der Waals surface area (Å²) in [5, 5.41) is 10.6. The molecule has 1 heterocycles. The van der Waals surface area contributed by atoms with Crippen LogP contribution in [0.3, 0.4) is 0 Å². The second-order valence-corrected chi connectivity index (χ2v) is 9.86. The molecule has 0 bridgehead atoms. The highest BCUT2D eigenvalue weighted by atomic mass is 19.1. The number of carbonyl (C=O) groups is 1. The van der Waals surface area contributed by atoms with Gasteiger partial charge in [0.25, 0.3) is 5.91 Å². The topological polar surface area (TPSA) is 66.1 Å². The van der Waals surface area contributed by atoms with Crippen LogP contribution in [0.4, 0.5) is 27.1 Å². The number of aromatic nitrogens is 1. The van der Waals surface area contributed by atoms with Gasteiger partial charge in [-0.2, -0.15) is 0 Å². The molecule has 4 aromatic rings. The average Bonchev–Trinajstić information content (AvgIpc) is 2.81. The zero-order valence-corrected chi connectivity index (χ0v) is 19.4. The molecule has 3 N–H and O–H groups in total. The molecule has 3 aromatic carbocycles. The van der Waals surface area contributed by atoms with Crippen LogP contribution in [0.1, 0.15) is 42.5 Å². The fourth-order valence-electron chi connectivity index (χ4n) is 5.42. The monoisotopic (exact) mass is 466 g/mol. The van der Waals surface area contributed by atoms with Crippen molar-refractivity contribution in [1.82, 2.24) is 4.98 Å². The van der Waals surface area contributed by atoms with Crippen molar-refractivity contribution in [3.05, 3.63) is 90.4 Å². The molecule has 6 rings (SSSR count). The van der Waals surface area contributed by atoms with Gasteiger partial charge in [-0.1, -0.05) is 18.6 Å². The minimum atomic E-state index is -0.321. The molecule has 6 heteroatoms. The van der Waals surface area contributed by atoms with E-state index in [-0.39, 0.29) is 11.7 Å². The lowest BCUT2D eigenvalue weighted by Gasteiger charge is -2.54. The average molecular weight is 467 g/mol. The van der Waals surface area contributed by atoms with Gasteiger partial charge in [-0.3, -0.25) is 9.78 Å². The zero-order chi connectivity index (χ0) is 23.8. The second-order valence-electron chi connectivity index (χ2n) is 9.86. The molecule has 1 aromatic heterocycles. The summed E-state index contributed by atoms with van der Waals surface area (Å²) in [7, 11) is 0. The summed E-state index contributed by atoms with van der Waals surface area (Å²) in [5.74, 6) is -0.508. The maximum Gasteiger partial charge on any atom is 0.255 e. The number of hydrogen-bond donors (Lipinski definition) is 3. The van der Waals surface area contributed by atoms with Gasteiger partial charge >= 0.3 is 0 Å². The Labute approximate surface area is 203 Å². The van der Waals surface area contributed by atoms with E-state index in [9.17, 15) is 9.18 Å². The van der Waals surface area contributed by atoms with Crippen LogP contribution in [0.5, 0.6) is 0 Å². The van der Waals surface area contributed by atoms with Gasteiger partial charge in [-0.15, -0.1) is 0 Å². The van der Waals surface area contributed by atoms with Crippen LogP contribution in [-0.4, -0.2) is 16.9 Å². The molecule has 176 valence electrons. The van der Waals surface area contributed by atoms with E-state index < -0.39 is 0 Å². The number of carbonyl (C=O) groups excluding carboxylic acids is 1. The Kier molecular flexibility index (Phi) is 5.36. The summed E-state index contributed by atoms with van der Waals surface area (Å²) < 4.78 is 13.8. The highest BCUT2D eigenvalue weighted by Gasteiger charge is 2.47. The molecule has 0 atom stereocenters. The van der Waals surface area contributed by atoms with Crippen molar-refractivity contribution < 1.29 is 9.18 Å². The fourth-order valence-corrected chi connectivity index (χ4v) is 5.42. The number of nitrogens with zero attached hydrogens (tertiary/aromatic N) is 1. The van der Waals surface area contributed by atoms with Crippen LogP contribution in [0, 0.1) is 11.2 Å². The highest BCUT2D eigenvalue weighted by Crippen LogP contribution is 2.56. The summed E-state index contributed by atoms with van der Waals surface area (Å²) in [6, 6.07) is 22.0. The molecule has 0 unspecified atom stereocenters. The summed E-state index contributed by atoms with van der Waals surface area (Å²) in [6.07, 6.45) is 8.32. The van der Waals surface area contributed by atoms with Gasteiger partial charge < -0.3 is 16.0 Å². The Bertz CT molecular complexity index is 1410. The van der Waals surface area contributed by atoms with Crippen LogP contribution >= 0.6 is 0 Å². The van der Waals surface area contributed by atoms with Crippen LogP contribution in [0.2, 0.25) is 0 Å². The first-order valence-electron chi connectivity index (χ1n) is 12.1. The molecule has 1 spiro atoms. The molecular weight excluding hydrogens is 439 g/mol. The molecule has 2 aliphatic carbocycles. The van der Waals surface area contributed by atoms with E-state index in [1.165, 1.54) is 44.2 Å². The third-order valence-electron chi connectivity index (χ3n) is 7.37. The number of anilines is 4. The van der Waals surface area contributed by atoms with E-state index >= 15 is 0 Å². The Morgan fingerprint density at radius 3 is 2.54 bits per heavy atom. The smallest absolute Gasteiger partial charge is 0.255 e. The lowest BCUT2D eigenvalue weighted by molar-refractivity contribution is 0.0192. The van der Waals surface area contributed by atoms with Crippen molar-refractivity contribution in [3.63, 3.8) is 0 Å². The molecule has 35 heavy (non-hydrogen) atoms. The molecule has 2 saturated carbocycles. The maximum atomic E-state index is 13.8. The van der Waals surface area contributed by atoms with Crippen molar-refractivity contribution in [1.29, 1.82) is 0 Å². The minimum absolute atomic E-state index is 0.187. The summed E-state index contributed by atoms with van der Waals surface area (Å²) in [4.78, 5) is 17.3. The molecule has 0 saturated heterocycles. The van der Waals surface area contributed by atoms with Crippen molar-refractivity contribution >= 4 is 39.6 Å². The van der Waals surface area contributed by atoms with Crippen LogP contribution < -0.4 is 16.0 Å². The predicted molar refractivity (Wildman–Crippen MR) is 139 cm³/mol. The molecular formula is C29H27FN4O. The minimum Gasteiger partial charge on any atom is -0.382 e. The van der Waals surface area contributed by atoms with Gasteiger partial charge in [0.15, 0.2) is 0 Å². The van der Waals surface area contributed by atoms with Gasteiger partial charge in [0.05, 0.1) is 5.52 Å². The predicted octanol–water partition coefficient (Wildman–Crippen LogP) is 7.11. The normalized spacial score (nSPS) is 16.4. The number of benzene rings is 3. The lowest BCUT2D eigenvalue weighted by atomic mass is 9.54. The largest absolute Gasteiger partial charge is 0.382 e. The van der Waals surface area contributed by atoms with Gasteiger partial charge in [-0.05, 0) is 91.8 Å². The van der Waals surface area contributed by atoms with Crippen molar-refractivity contribution in [2.75, 3.05) is 16.0 Å². The third kappa shape index (κ3) is 4.44. The number of rotatable bonds is 6. The zero-order valence-electron chi connectivity index (χ0n) is 19.4. The van der Waals surface area contributed by atoms with E-state index in [0.29, 0.717) is 27.9 Å². The molecule has 2 aliphatic rings. The first-order chi connectivity index (χ1) is 17.1. The SMILES string of the molecule is O=C(Nc1cccc(NC2CC3(CCC3)C2)c1)c1cccc(Nc2ccnc3ccc(F)cc23)c1. The Balaban J connectivity index is 1.14.